The first-order valence-corrected chi connectivity index (χ1v) is 8.16. The zero-order valence-corrected chi connectivity index (χ0v) is 13.5. The van der Waals surface area contributed by atoms with E-state index in [1.165, 1.54) is 13.2 Å². The molecule has 1 aliphatic rings. The van der Waals surface area contributed by atoms with E-state index in [9.17, 15) is 27.4 Å². The second kappa shape index (κ2) is 5.43. The molecule has 0 saturated heterocycles. The number of nitrogens with two attached hydrogens (primary N) is 1. The van der Waals surface area contributed by atoms with Crippen molar-refractivity contribution in [3.8, 4) is 11.4 Å². The third-order valence-corrected chi connectivity index (χ3v) is 4.54. The summed E-state index contributed by atoms with van der Waals surface area (Å²) in [4.78, 5) is 35.3. The lowest BCUT2D eigenvalue weighted by atomic mass is 10.1. The zero-order valence-electron chi connectivity index (χ0n) is 12.6. The van der Waals surface area contributed by atoms with Crippen LogP contribution in [0.15, 0.2) is 34.0 Å². The summed E-state index contributed by atoms with van der Waals surface area (Å²) < 4.78 is 38.4. The van der Waals surface area contributed by atoms with Crippen LogP contribution in [0.4, 0.5) is 5.82 Å². The highest BCUT2D eigenvalue weighted by Crippen LogP contribution is 2.29. The fourth-order valence-corrected chi connectivity index (χ4v) is 3.20. The van der Waals surface area contributed by atoms with Gasteiger partial charge < -0.3 is 10.5 Å². The molecule has 2 aromatic rings. The maximum Gasteiger partial charge on any atom is 0.296 e. The second-order valence-corrected chi connectivity index (χ2v) is 6.47. The van der Waals surface area contributed by atoms with E-state index < -0.39 is 38.2 Å². The number of pyridine rings is 1. The molecule has 0 unspecified atom stereocenters. The normalized spacial score (nSPS) is 13.5. The third-order valence-electron chi connectivity index (χ3n) is 3.64. The molecule has 0 bridgehead atoms. The first kappa shape index (κ1) is 16.7. The van der Waals surface area contributed by atoms with Crippen LogP contribution in [0.5, 0.6) is 5.75 Å². The van der Waals surface area contributed by atoms with Gasteiger partial charge in [0.25, 0.3) is 27.5 Å². The van der Waals surface area contributed by atoms with Gasteiger partial charge in [-0.1, -0.05) is 0 Å². The van der Waals surface area contributed by atoms with Crippen molar-refractivity contribution in [1.82, 2.24) is 9.88 Å². The Balaban J connectivity index is 2.43. The highest BCUT2D eigenvalue weighted by atomic mass is 32.2. The van der Waals surface area contributed by atoms with Crippen LogP contribution < -0.4 is 21.3 Å². The van der Waals surface area contributed by atoms with E-state index in [0.717, 1.165) is 18.2 Å². The standard InChI is InChI=1S/C14H11N3O7S/c1-24-6-2-3-9(25(21,22)23)8(4-6)17-10(18)5-7-11(12(17)15)14(20)16-13(7)19/h2-5H,15H2,1H3,(H,16,19,20)(H,21,22,23). The van der Waals surface area contributed by atoms with E-state index in [4.69, 9.17) is 10.5 Å². The average molecular weight is 365 g/mol. The Hall–Kier alpha value is -3.18. The lowest BCUT2D eigenvalue weighted by Crippen LogP contribution is -2.25. The van der Waals surface area contributed by atoms with Gasteiger partial charge in [0.15, 0.2) is 0 Å². The van der Waals surface area contributed by atoms with E-state index >= 15 is 0 Å². The fraction of sp³-hybridized carbons (Fsp3) is 0.0714. The van der Waals surface area contributed by atoms with Crippen LogP contribution >= 0.6 is 0 Å². The van der Waals surface area contributed by atoms with Crippen molar-refractivity contribution in [3.63, 3.8) is 0 Å². The van der Waals surface area contributed by atoms with E-state index in [1.54, 1.807) is 0 Å². The van der Waals surface area contributed by atoms with Crippen molar-refractivity contribution < 1.29 is 27.3 Å². The van der Waals surface area contributed by atoms with Crippen molar-refractivity contribution in [2.75, 3.05) is 12.8 Å². The zero-order chi connectivity index (χ0) is 18.5. The molecular weight excluding hydrogens is 354 g/mol. The average Bonchev–Trinajstić information content (AvgIpc) is 2.80. The Morgan fingerprint density at radius 2 is 1.84 bits per heavy atom. The number of carbonyl (C=O) groups excluding carboxylic acids is 2. The molecule has 0 radical (unpaired) electrons. The van der Waals surface area contributed by atoms with Crippen molar-refractivity contribution in [2.24, 2.45) is 0 Å². The lowest BCUT2D eigenvalue weighted by Gasteiger charge is -2.15. The molecule has 2 amide bonds. The molecule has 10 nitrogen and oxygen atoms in total. The van der Waals surface area contributed by atoms with E-state index in [0.29, 0.717) is 4.57 Å². The highest BCUT2D eigenvalue weighted by Gasteiger charge is 2.33. The summed E-state index contributed by atoms with van der Waals surface area (Å²) in [5.41, 5.74) is 4.21. The minimum atomic E-state index is -4.72. The van der Waals surface area contributed by atoms with Crippen molar-refractivity contribution in [1.29, 1.82) is 0 Å². The second-order valence-electron chi connectivity index (χ2n) is 5.08. The Morgan fingerprint density at radius 3 is 2.44 bits per heavy atom. The molecule has 25 heavy (non-hydrogen) atoms. The van der Waals surface area contributed by atoms with Crippen molar-refractivity contribution in [3.05, 3.63) is 45.7 Å². The molecule has 0 atom stereocenters. The van der Waals surface area contributed by atoms with Gasteiger partial charge in [-0.25, -0.2) is 0 Å². The minimum Gasteiger partial charge on any atom is -0.497 e. The maximum absolute atomic E-state index is 12.4. The number of methoxy groups -OCH3 is 1. The first-order chi connectivity index (χ1) is 11.6. The van der Waals surface area contributed by atoms with Crippen LogP contribution in [0.1, 0.15) is 20.7 Å². The molecule has 0 spiro atoms. The highest BCUT2D eigenvalue weighted by molar-refractivity contribution is 7.86. The van der Waals surface area contributed by atoms with Gasteiger partial charge in [0.1, 0.15) is 16.5 Å². The summed E-state index contributed by atoms with van der Waals surface area (Å²) in [6.07, 6.45) is 0. The number of benzene rings is 1. The van der Waals surface area contributed by atoms with Gasteiger partial charge in [-0.3, -0.25) is 28.8 Å². The number of hydrogen-bond donors (Lipinski definition) is 3. The fourth-order valence-electron chi connectivity index (χ4n) is 2.54. The van der Waals surface area contributed by atoms with E-state index in [-0.39, 0.29) is 22.6 Å². The summed E-state index contributed by atoms with van der Waals surface area (Å²) in [5, 5.41) is 1.99. The molecule has 1 aliphatic heterocycles. The molecule has 0 saturated carbocycles. The number of aromatic nitrogens is 1. The van der Waals surface area contributed by atoms with Gasteiger partial charge in [0, 0.05) is 12.1 Å². The summed E-state index contributed by atoms with van der Waals surface area (Å²) in [5.74, 6) is -1.86. The third kappa shape index (κ3) is 2.55. The molecule has 1 aromatic heterocycles. The van der Waals surface area contributed by atoms with E-state index in [2.05, 4.69) is 0 Å². The molecular formula is C14H11N3O7S. The molecule has 0 aliphatic carbocycles. The number of nitrogens with zero attached hydrogens (tertiary/aromatic N) is 1. The molecule has 130 valence electrons. The van der Waals surface area contributed by atoms with Crippen molar-refractivity contribution >= 4 is 27.8 Å². The minimum absolute atomic E-state index is 0.176. The van der Waals surface area contributed by atoms with Crippen LogP contribution in [0, 0.1) is 0 Å². The van der Waals surface area contributed by atoms with Crippen molar-refractivity contribution in [2.45, 2.75) is 4.90 Å². The lowest BCUT2D eigenvalue weighted by molar-refractivity contribution is 0.0880. The topological polar surface area (TPSA) is 158 Å². The summed E-state index contributed by atoms with van der Waals surface area (Å²) >= 11 is 0. The van der Waals surface area contributed by atoms with Gasteiger partial charge in [-0.15, -0.1) is 0 Å². The molecule has 0 fully saturated rings. The van der Waals surface area contributed by atoms with Gasteiger partial charge in [0.2, 0.25) is 0 Å². The molecule has 4 N–H and O–H groups in total. The Morgan fingerprint density at radius 1 is 1.16 bits per heavy atom. The Bertz CT molecular complexity index is 1100. The molecule has 1 aromatic carbocycles. The summed E-state index contributed by atoms with van der Waals surface area (Å²) in [6.45, 7) is 0. The number of rotatable bonds is 3. The number of amides is 2. The molecule has 3 rings (SSSR count). The predicted octanol–water partition coefficient (Wildman–Crippen LogP) is -0.441. The summed E-state index contributed by atoms with van der Waals surface area (Å²) in [7, 11) is -3.40. The number of hydrogen-bond acceptors (Lipinski definition) is 7. The number of carbonyl (C=O) groups is 2. The molecule has 2 heterocycles. The molecule has 11 heteroatoms. The predicted molar refractivity (Wildman–Crippen MR) is 84.6 cm³/mol. The number of ether oxygens (including phenoxy) is 1. The van der Waals surface area contributed by atoms with Crippen LogP contribution in [0.2, 0.25) is 0 Å². The number of nitrogen functional groups attached to an aromatic ring is 1. The number of nitrogens with one attached hydrogen (secondary N) is 1. The monoisotopic (exact) mass is 365 g/mol. The van der Waals surface area contributed by atoms with E-state index in [1.807, 2.05) is 5.32 Å². The largest absolute Gasteiger partial charge is 0.497 e. The van der Waals surface area contributed by atoms with Gasteiger partial charge in [0.05, 0.1) is 23.9 Å². The van der Waals surface area contributed by atoms with Crippen LogP contribution in [-0.2, 0) is 10.1 Å². The summed E-state index contributed by atoms with van der Waals surface area (Å²) in [6, 6.07) is 4.30. The smallest absolute Gasteiger partial charge is 0.296 e. The maximum atomic E-state index is 12.4. The van der Waals surface area contributed by atoms with Crippen LogP contribution in [0.3, 0.4) is 0 Å². The SMILES string of the molecule is COc1ccc(S(=O)(=O)O)c(-n2c(N)c3c(cc2=O)C(=O)NC3=O)c1. The Labute approximate surface area is 140 Å². The number of fused-ring (bicyclic) bond motifs is 1. The van der Waals surface area contributed by atoms with Gasteiger partial charge in [-0.2, -0.15) is 8.42 Å². The van der Waals surface area contributed by atoms with Gasteiger partial charge in [-0.05, 0) is 12.1 Å². The quantitative estimate of drug-likeness (QED) is 0.488. The van der Waals surface area contributed by atoms with Gasteiger partial charge >= 0.3 is 0 Å². The van der Waals surface area contributed by atoms with Crippen LogP contribution in [-0.4, -0.2) is 36.5 Å². The first-order valence-electron chi connectivity index (χ1n) is 6.72. The number of imide groups is 1. The number of anilines is 1. The van der Waals surface area contributed by atoms with Crippen LogP contribution in [0.25, 0.3) is 5.69 Å². The Kier molecular flexibility index (Phi) is 3.62.